The van der Waals surface area contributed by atoms with Crippen molar-refractivity contribution < 1.29 is 13.7 Å². The van der Waals surface area contributed by atoms with E-state index >= 15 is 0 Å². The molecule has 3 aromatic heterocycles. The number of amides is 1. The van der Waals surface area contributed by atoms with Gasteiger partial charge in [-0.3, -0.25) is 10.1 Å². The molecular weight excluding hydrogens is 348 g/mol. The average Bonchev–Trinajstić information content (AvgIpc) is 3.28. The van der Waals surface area contributed by atoms with E-state index in [-0.39, 0.29) is 5.69 Å². The molecule has 0 fully saturated rings. The first-order chi connectivity index (χ1) is 11.6. The summed E-state index contributed by atoms with van der Waals surface area (Å²) in [6.45, 7) is 4.36. The molecule has 1 N–H and O–H groups in total. The third kappa shape index (κ3) is 4.24. The molecule has 0 aromatic carbocycles. The molecule has 9 heteroatoms. The molecule has 126 valence electrons. The molecule has 3 heterocycles. The number of carbonyl (C=O) groups excluding carboxylic acids is 1. The highest BCUT2D eigenvalue weighted by Gasteiger charge is 2.17. The second kappa shape index (κ2) is 7.63. The summed E-state index contributed by atoms with van der Waals surface area (Å²) < 4.78 is 11.1. The number of aromatic nitrogens is 3. The second-order valence-corrected chi connectivity index (χ2v) is 7.73. The Labute approximate surface area is 146 Å². The Bertz CT molecular complexity index is 795. The molecule has 7 nitrogen and oxygen atoms in total. The van der Waals surface area contributed by atoms with Gasteiger partial charge in [-0.2, -0.15) is 0 Å². The molecule has 0 unspecified atom stereocenters. The summed E-state index contributed by atoms with van der Waals surface area (Å²) in [5.41, 5.74) is 0.158. The maximum Gasteiger partial charge on any atom is 0.279 e. The van der Waals surface area contributed by atoms with Gasteiger partial charge < -0.3 is 8.94 Å². The van der Waals surface area contributed by atoms with Gasteiger partial charge in [0.05, 0.1) is 6.26 Å². The number of thioether (sulfide) groups is 1. The zero-order valence-corrected chi connectivity index (χ0v) is 14.8. The number of hydrogen-bond acceptors (Lipinski definition) is 8. The van der Waals surface area contributed by atoms with Crippen molar-refractivity contribution in [2.75, 3.05) is 11.1 Å². The first kappa shape index (κ1) is 16.7. The van der Waals surface area contributed by atoms with Gasteiger partial charge in [-0.25, -0.2) is 0 Å². The fourth-order valence-corrected chi connectivity index (χ4v) is 3.84. The van der Waals surface area contributed by atoms with E-state index in [4.69, 9.17) is 8.94 Å². The maximum atomic E-state index is 12.2. The Morgan fingerprint density at radius 3 is 3.00 bits per heavy atom. The summed E-state index contributed by atoms with van der Waals surface area (Å²) >= 11 is 2.99. The number of carbonyl (C=O) groups is 1. The van der Waals surface area contributed by atoms with Gasteiger partial charge in [0.1, 0.15) is 0 Å². The Balaban J connectivity index is 1.58. The molecule has 24 heavy (non-hydrogen) atoms. The van der Waals surface area contributed by atoms with Crippen LogP contribution in [-0.4, -0.2) is 27.0 Å². The van der Waals surface area contributed by atoms with E-state index < -0.39 is 5.91 Å². The molecule has 0 aliphatic heterocycles. The van der Waals surface area contributed by atoms with Crippen LogP contribution in [0, 0.1) is 5.92 Å². The lowest BCUT2D eigenvalue weighted by Gasteiger charge is -2.00. The number of nitrogens with one attached hydrogen (secondary N) is 1. The molecule has 0 saturated carbocycles. The second-order valence-electron chi connectivity index (χ2n) is 5.41. The van der Waals surface area contributed by atoms with E-state index in [2.05, 4.69) is 34.5 Å². The zero-order valence-electron chi connectivity index (χ0n) is 13.2. The molecular formula is C15H16N4O3S2. The number of hydrogen-bond donors (Lipinski definition) is 1. The van der Waals surface area contributed by atoms with E-state index in [0.29, 0.717) is 22.6 Å². The van der Waals surface area contributed by atoms with Gasteiger partial charge in [0.15, 0.2) is 15.8 Å². The van der Waals surface area contributed by atoms with Crippen LogP contribution in [0.5, 0.6) is 0 Å². The predicted molar refractivity (Wildman–Crippen MR) is 92.2 cm³/mol. The van der Waals surface area contributed by atoms with Gasteiger partial charge in [0.2, 0.25) is 10.9 Å². The monoisotopic (exact) mass is 364 g/mol. The molecule has 0 atom stereocenters. The van der Waals surface area contributed by atoms with Crippen LogP contribution in [0.3, 0.4) is 0 Å². The summed E-state index contributed by atoms with van der Waals surface area (Å²) in [6, 6.07) is 4.98. The first-order valence-electron chi connectivity index (χ1n) is 7.40. The largest absolute Gasteiger partial charge is 0.461 e. The summed E-state index contributed by atoms with van der Waals surface area (Å²) in [4.78, 5) is 12.2. The van der Waals surface area contributed by atoms with Crippen molar-refractivity contribution in [1.82, 2.24) is 15.4 Å². The van der Waals surface area contributed by atoms with Crippen molar-refractivity contribution in [2.45, 2.75) is 24.6 Å². The van der Waals surface area contributed by atoms with Crippen LogP contribution in [0.15, 0.2) is 37.7 Å². The lowest BCUT2D eigenvalue weighted by Crippen LogP contribution is -2.11. The van der Waals surface area contributed by atoms with Gasteiger partial charge in [-0.15, -0.1) is 10.2 Å². The van der Waals surface area contributed by atoms with Gasteiger partial charge >= 0.3 is 0 Å². The van der Waals surface area contributed by atoms with Crippen LogP contribution >= 0.6 is 23.1 Å². The van der Waals surface area contributed by atoms with Gasteiger partial charge in [0.25, 0.3) is 5.91 Å². The summed E-state index contributed by atoms with van der Waals surface area (Å²) in [5.74, 6) is 2.15. The Kier molecular flexibility index (Phi) is 5.31. The highest BCUT2D eigenvalue weighted by atomic mass is 32.2. The van der Waals surface area contributed by atoms with E-state index in [1.807, 2.05) is 0 Å². The molecule has 1 amide bonds. The first-order valence-corrected chi connectivity index (χ1v) is 9.20. The van der Waals surface area contributed by atoms with Crippen LogP contribution in [0.4, 0.5) is 5.13 Å². The normalized spacial score (nSPS) is 11.1. The fraction of sp³-hybridized carbons (Fsp3) is 0.333. The van der Waals surface area contributed by atoms with Crippen LogP contribution < -0.4 is 5.32 Å². The molecule has 0 radical (unpaired) electrons. The maximum absolute atomic E-state index is 12.2. The van der Waals surface area contributed by atoms with Crippen LogP contribution in [0.1, 0.15) is 30.8 Å². The standard InChI is InChI=1S/C15H16N4O3S2/c1-9(2)5-7-23-15-18-17-14(24-15)16-13(20)10-8-12(22-19-10)11-4-3-6-21-11/h3-4,6,8-9H,5,7H2,1-2H3,(H,16,17,20). The average molecular weight is 364 g/mol. The highest BCUT2D eigenvalue weighted by Crippen LogP contribution is 2.27. The van der Waals surface area contributed by atoms with Crippen LogP contribution in [-0.2, 0) is 0 Å². The minimum absolute atomic E-state index is 0.158. The summed E-state index contributed by atoms with van der Waals surface area (Å²) in [7, 11) is 0. The van der Waals surface area contributed by atoms with E-state index in [1.54, 1.807) is 23.9 Å². The number of rotatable bonds is 7. The third-order valence-corrected chi connectivity index (χ3v) is 5.06. The van der Waals surface area contributed by atoms with Crippen molar-refractivity contribution in [3.8, 4) is 11.5 Å². The molecule has 0 spiro atoms. The molecule has 0 aliphatic carbocycles. The summed E-state index contributed by atoms with van der Waals surface area (Å²) in [6.07, 6.45) is 2.64. The number of anilines is 1. The third-order valence-electron chi connectivity index (χ3n) is 3.05. The van der Waals surface area contributed by atoms with Crippen molar-refractivity contribution >= 4 is 34.1 Å². The lowest BCUT2D eigenvalue weighted by atomic mass is 10.2. The fourth-order valence-electron chi connectivity index (χ4n) is 1.78. The summed E-state index contributed by atoms with van der Waals surface area (Å²) in [5, 5.41) is 14.9. The molecule has 3 rings (SSSR count). The van der Waals surface area contributed by atoms with E-state index in [0.717, 1.165) is 16.5 Å². The zero-order chi connectivity index (χ0) is 16.9. The minimum atomic E-state index is -0.397. The predicted octanol–water partition coefficient (Wildman–Crippen LogP) is 4.18. The SMILES string of the molecule is CC(C)CCSc1nnc(NC(=O)c2cc(-c3ccco3)on2)s1. The smallest absolute Gasteiger partial charge is 0.279 e. The number of nitrogens with zero attached hydrogens (tertiary/aromatic N) is 3. The Morgan fingerprint density at radius 2 is 2.25 bits per heavy atom. The van der Waals surface area contributed by atoms with Crippen molar-refractivity contribution in [2.24, 2.45) is 5.92 Å². The van der Waals surface area contributed by atoms with Crippen LogP contribution in [0.25, 0.3) is 11.5 Å². The quantitative estimate of drug-likeness (QED) is 0.496. The van der Waals surface area contributed by atoms with E-state index in [9.17, 15) is 4.79 Å². The van der Waals surface area contributed by atoms with Crippen molar-refractivity contribution in [3.63, 3.8) is 0 Å². The van der Waals surface area contributed by atoms with Crippen LogP contribution in [0.2, 0.25) is 0 Å². The molecule has 0 aliphatic rings. The Morgan fingerprint density at radius 1 is 1.38 bits per heavy atom. The Hall–Kier alpha value is -2.13. The van der Waals surface area contributed by atoms with Gasteiger partial charge in [0, 0.05) is 11.8 Å². The van der Waals surface area contributed by atoms with Gasteiger partial charge in [-0.05, 0) is 24.5 Å². The van der Waals surface area contributed by atoms with Gasteiger partial charge in [-0.1, -0.05) is 42.1 Å². The number of furan rings is 1. The lowest BCUT2D eigenvalue weighted by molar-refractivity contribution is 0.101. The van der Waals surface area contributed by atoms with Crippen molar-refractivity contribution in [1.29, 1.82) is 0 Å². The highest BCUT2D eigenvalue weighted by molar-refractivity contribution is 8.01. The van der Waals surface area contributed by atoms with Crippen molar-refractivity contribution in [3.05, 3.63) is 30.2 Å². The molecule has 0 bridgehead atoms. The molecule has 3 aromatic rings. The minimum Gasteiger partial charge on any atom is -0.461 e. The topological polar surface area (TPSA) is 94.1 Å². The van der Waals surface area contributed by atoms with E-state index in [1.165, 1.54) is 23.7 Å². The molecule has 0 saturated heterocycles.